The molecule has 4 rings (SSSR count). The second kappa shape index (κ2) is 6.85. The number of benzene rings is 3. The highest BCUT2D eigenvalue weighted by atomic mass is 35.5. The minimum Gasteiger partial charge on any atom is -0.326 e. The molecular weight excluding hydrogens is 364 g/mol. The van der Waals surface area contributed by atoms with Gasteiger partial charge in [-0.1, -0.05) is 41.9 Å². The Hall–Kier alpha value is -3.18. The summed E-state index contributed by atoms with van der Waals surface area (Å²) >= 11 is 5.90. The van der Waals surface area contributed by atoms with Crippen LogP contribution in [0.2, 0.25) is 5.02 Å². The molecule has 0 aliphatic carbocycles. The lowest BCUT2D eigenvalue weighted by molar-refractivity contribution is -0.116. The van der Waals surface area contributed by atoms with Crippen LogP contribution >= 0.6 is 11.6 Å². The summed E-state index contributed by atoms with van der Waals surface area (Å²) in [6, 6.07) is 17.5. The van der Waals surface area contributed by atoms with Gasteiger partial charge in [-0.3, -0.25) is 19.3 Å². The first-order valence-corrected chi connectivity index (χ1v) is 8.86. The minimum atomic E-state index is -0.375. The van der Waals surface area contributed by atoms with E-state index >= 15 is 0 Å². The lowest BCUT2D eigenvalue weighted by Crippen LogP contribution is -2.41. The number of nitrogens with one attached hydrogen (secondary N) is 1. The summed E-state index contributed by atoms with van der Waals surface area (Å²) in [5, 5.41) is 4.76. The van der Waals surface area contributed by atoms with E-state index in [1.165, 1.54) is 0 Å². The maximum Gasteiger partial charge on any atom is 0.261 e. The van der Waals surface area contributed by atoms with Gasteiger partial charge in [0.25, 0.3) is 11.8 Å². The first kappa shape index (κ1) is 17.2. The van der Waals surface area contributed by atoms with Gasteiger partial charge < -0.3 is 5.32 Å². The van der Waals surface area contributed by atoms with Gasteiger partial charge in [0.1, 0.15) is 0 Å². The summed E-state index contributed by atoms with van der Waals surface area (Å²) in [5.74, 6) is -1.05. The van der Waals surface area contributed by atoms with Gasteiger partial charge in [0.2, 0.25) is 5.91 Å². The Morgan fingerprint density at radius 2 is 1.56 bits per heavy atom. The van der Waals surface area contributed by atoms with E-state index in [-0.39, 0.29) is 30.7 Å². The van der Waals surface area contributed by atoms with Gasteiger partial charge >= 0.3 is 0 Å². The Kier molecular flexibility index (Phi) is 4.38. The predicted molar refractivity (Wildman–Crippen MR) is 104 cm³/mol. The number of anilines is 1. The number of nitrogens with zero attached hydrogens (tertiary/aromatic N) is 1. The van der Waals surface area contributed by atoms with Crippen molar-refractivity contribution in [2.24, 2.45) is 0 Å². The Balaban J connectivity index is 1.53. The molecule has 6 heteroatoms. The lowest BCUT2D eigenvalue weighted by Gasteiger charge is -2.27. The van der Waals surface area contributed by atoms with Crippen LogP contribution in [0.3, 0.4) is 0 Å². The third kappa shape index (κ3) is 3.17. The molecule has 1 heterocycles. The van der Waals surface area contributed by atoms with Gasteiger partial charge in [0, 0.05) is 40.2 Å². The van der Waals surface area contributed by atoms with E-state index in [1.54, 1.807) is 48.5 Å². The summed E-state index contributed by atoms with van der Waals surface area (Å²) in [6.07, 6.45) is 0.00212. The summed E-state index contributed by atoms with van der Waals surface area (Å²) in [6.45, 7) is 0.00872. The molecule has 0 spiro atoms. The Morgan fingerprint density at radius 3 is 2.19 bits per heavy atom. The number of imide groups is 1. The van der Waals surface area contributed by atoms with E-state index < -0.39 is 0 Å². The van der Waals surface area contributed by atoms with Crippen molar-refractivity contribution in [1.29, 1.82) is 0 Å². The molecule has 1 N–H and O–H groups in total. The Morgan fingerprint density at radius 1 is 0.926 bits per heavy atom. The van der Waals surface area contributed by atoms with Crippen LogP contribution in [-0.4, -0.2) is 29.2 Å². The monoisotopic (exact) mass is 378 g/mol. The molecular formula is C21H15ClN2O3. The van der Waals surface area contributed by atoms with Gasteiger partial charge in [-0.2, -0.15) is 0 Å². The van der Waals surface area contributed by atoms with Crippen LogP contribution in [0.1, 0.15) is 27.1 Å². The van der Waals surface area contributed by atoms with Gasteiger partial charge in [-0.05, 0) is 35.7 Å². The van der Waals surface area contributed by atoms with Crippen molar-refractivity contribution >= 4 is 45.8 Å². The number of amides is 3. The van der Waals surface area contributed by atoms with E-state index in [9.17, 15) is 14.4 Å². The zero-order valence-electron chi connectivity index (χ0n) is 14.2. The van der Waals surface area contributed by atoms with Crippen LogP contribution in [0, 0.1) is 0 Å². The van der Waals surface area contributed by atoms with E-state index in [4.69, 9.17) is 11.6 Å². The fraction of sp³-hybridized carbons (Fsp3) is 0.0952. The zero-order valence-corrected chi connectivity index (χ0v) is 15.0. The molecule has 0 fully saturated rings. The molecule has 1 aliphatic rings. The minimum absolute atomic E-state index is 0.00212. The van der Waals surface area contributed by atoms with Gasteiger partial charge in [-0.25, -0.2) is 0 Å². The van der Waals surface area contributed by atoms with Gasteiger partial charge in [-0.15, -0.1) is 0 Å². The van der Waals surface area contributed by atoms with Crippen LogP contribution in [0.15, 0.2) is 60.7 Å². The molecule has 134 valence electrons. The molecule has 1 aliphatic heterocycles. The second-order valence-electron chi connectivity index (χ2n) is 6.28. The lowest BCUT2D eigenvalue weighted by atomic mass is 9.94. The maximum absolute atomic E-state index is 12.8. The summed E-state index contributed by atoms with van der Waals surface area (Å²) in [5.41, 5.74) is 1.54. The highest BCUT2D eigenvalue weighted by Crippen LogP contribution is 2.30. The molecule has 5 nitrogen and oxygen atoms in total. The smallest absolute Gasteiger partial charge is 0.261 e. The highest BCUT2D eigenvalue weighted by Gasteiger charge is 2.32. The molecule has 3 aromatic carbocycles. The maximum atomic E-state index is 12.8. The van der Waals surface area contributed by atoms with Crippen molar-refractivity contribution in [3.8, 4) is 0 Å². The largest absolute Gasteiger partial charge is 0.326 e. The quantitative estimate of drug-likeness (QED) is 0.694. The molecule has 27 heavy (non-hydrogen) atoms. The van der Waals surface area contributed by atoms with E-state index in [0.29, 0.717) is 27.2 Å². The predicted octanol–water partition coefficient (Wildman–Crippen LogP) is 4.12. The van der Waals surface area contributed by atoms with Crippen molar-refractivity contribution in [3.63, 3.8) is 0 Å². The van der Waals surface area contributed by atoms with Crippen LogP contribution < -0.4 is 5.32 Å². The number of rotatable bonds is 4. The number of hydrogen-bond acceptors (Lipinski definition) is 3. The van der Waals surface area contributed by atoms with Gasteiger partial charge in [0.15, 0.2) is 0 Å². The number of halogens is 1. The van der Waals surface area contributed by atoms with Crippen molar-refractivity contribution in [3.05, 3.63) is 76.8 Å². The van der Waals surface area contributed by atoms with Crippen molar-refractivity contribution in [2.45, 2.75) is 6.42 Å². The van der Waals surface area contributed by atoms with Crippen LogP contribution in [0.4, 0.5) is 5.69 Å². The van der Waals surface area contributed by atoms with Crippen LogP contribution in [0.5, 0.6) is 0 Å². The molecule has 3 amide bonds. The third-order valence-corrected chi connectivity index (χ3v) is 4.76. The second-order valence-corrected chi connectivity index (χ2v) is 6.72. The molecule has 0 saturated heterocycles. The molecule has 0 radical (unpaired) electrons. The molecule has 0 aromatic heterocycles. The normalized spacial score (nSPS) is 13.1. The number of carbonyl (C=O) groups is 3. The number of hydrogen-bond donors (Lipinski definition) is 1. The molecule has 0 unspecified atom stereocenters. The van der Waals surface area contributed by atoms with Crippen molar-refractivity contribution < 1.29 is 14.4 Å². The van der Waals surface area contributed by atoms with Crippen molar-refractivity contribution in [1.82, 2.24) is 4.90 Å². The number of carbonyl (C=O) groups excluding carboxylic acids is 3. The standard InChI is InChI=1S/C21H15ClN2O3/c22-14-6-3-7-15(12-14)23-18(25)10-11-24-20(26)16-8-1-4-13-5-2-9-17(19(13)16)21(24)27/h1-9,12H,10-11H2,(H,23,25). The zero-order chi connectivity index (χ0) is 19.0. The SMILES string of the molecule is O=C(CCN1C(=O)c2cccc3cccc(c23)C1=O)Nc1cccc(Cl)c1. The topological polar surface area (TPSA) is 66.5 Å². The van der Waals surface area contributed by atoms with Crippen LogP contribution in [0.25, 0.3) is 10.8 Å². The van der Waals surface area contributed by atoms with E-state index in [2.05, 4.69) is 5.32 Å². The Labute approximate surface area is 160 Å². The average molecular weight is 379 g/mol. The molecule has 0 atom stereocenters. The highest BCUT2D eigenvalue weighted by molar-refractivity contribution is 6.31. The fourth-order valence-electron chi connectivity index (χ4n) is 3.29. The van der Waals surface area contributed by atoms with E-state index in [0.717, 1.165) is 10.3 Å². The van der Waals surface area contributed by atoms with Gasteiger partial charge in [0.05, 0.1) is 0 Å². The summed E-state index contributed by atoms with van der Waals surface area (Å²) in [7, 11) is 0. The first-order valence-electron chi connectivity index (χ1n) is 8.48. The van der Waals surface area contributed by atoms with Crippen LogP contribution in [-0.2, 0) is 4.79 Å². The first-order chi connectivity index (χ1) is 13.0. The van der Waals surface area contributed by atoms with E-state index in [1.807, 2.05) is 12.1 Å². The third-order valence-electron chi connectivity index (χ3n) is 4.53. The molecule has 3 aromatic rings. The molecule has 0 saturated carbocycles. The van der Waals surface area contributed by atoms with Crippen molar-refractivity contribution in [2.75, 3.05) is 11.9 Å². The summed E-state index contributed by atoms with van der Waals surface area (Å²) < 4.78 is 0. The Bertz CT molecular complexity index is 1040. The fourth-order valence-corrected chi connectivity index (χ4v) is 3.48. The molecule has 0 bridgehead atoms. The average Bonchev–Trinajstić information content (AvgIpc) is 2.66. The summed E-state index contributed by atoms with van der Waals surface area (Å²) in [4.78, 5) is 38.9.